The third kappa shape index (κ3) is 2.47. The van der Waals surface area contributed by atoms with Crippen LogP contribution in [-0.2, 0) is 6.54 Å². The van der Waals surface area contributed by atoms with Gasteiger partial charge in [0.15, 0.2) is 5.01 Å². The zero-order valence-electron chi connectivity index (χ0n) is 11.4. The van der Waals surface area contributed by atoms with Crippen molar-refractivity contribution in [1.29, 1.82) is 0 Å². The van der Waals surface area contributed by atoms with E-state index in [2.05, 4.69) is 33.5 Å². The number of thiazole rings is 1. The molecule has 0 aliphatic rings. The lowest BCUT2D eigenvalue weighted by Crippen LogP contribution is -2.21. The first-order valence-corrected chi connectivity index (χ1v) is 8.39. The summed E-state index contributed by atoms with van der Waals surface area (Å²) in [6.45, 7) is 0.520. The van der Waals surface area contributed by atoms with E-state index in [-0.39, 0.29) is 5.91 Å². The highest BCUT2D eigenvalue weighted by atomic mass is 32.1. The van der Waals surface area contributed by atoms with Gasteiger partial charge in [0.2, 0.25) is 0 Å². The fourth-order valence-electron chi connectivity index (χ4n) is 2.24. The second kappa shape index (κ2) is 5.47. The molecule has 0 bridgehead atoms. The fraction of sp³-hybridized carbons (Fsp3) is 0.0625. The summed E-state index contributed by atoms with van der Waals surface area (Å²) in [6.07, 6.45) is 3.38. The van der Waals surface area contributed by atoms with Crippen LogP contribution in [0.2, 0.25) is 0 Å². The average molecular weight is 325 g/mol. The summed E-state index contributed by atoms with van der Waals surface area (Å²) >= 11 is 3.08. The molecule has 108 valence electrons. The van der Waals surface area contributed by atoms with E-state index in [0.29, 0.717) is 11.6 Å². The smallest absolute Gasteiger partial charge is 0.280 e. The van der Waals surface area contributed by atoms with Gasteiger partial charge in [-0.05, 0) is 23.6 Å². The van der Waals surface area contributed by atoms with E-state index in [1.165, 1.54) is 21.4 Å². The first-order chi connectivity index (χ1) is 10.8. The number of benzene rings is 1. The average Bonchev–Trinajstić information content (AvgIpc) is 3.15. The highest BCUT2D eigenvalue weighted by Crippen LogP contribution is 2.25. The molecule has 0 aliphatic carbocycles. The topological polar surface area (TPSA) is 54.9 Å². The lowest BCUT2D eigenvalue weighted by Gasteiger charge is -1.99. The normalized spacial score (nSPS) is 11.1. The Hall–Kier alpha value is -2.31. The summed E-state index contributed by atoms with van der Waals surface area (Å²) < 4.78 is 2.21. The van der Waals surface area contributed by atoms with Gasteiger partial charge in [0.05, 0.1) is 17.4 Å². The highest BCUT2D eigenvalue weighted by Gasteiger charge is 2.12. The van der Waals surface area contributed by atoms with Gasteiger partial charge in [-0.1, -0.05) is 18.2 Å². The van der Waals surface area contributed by atoms with Crippen molar-refractivity contribution in [2.75, 3.05) is 0 Å². The van der Waals surface area contributed by atoms with Crippen LogP contribution >= 0.6 is 22.7 Å². The van der Waals surface area contributed by atoms with Gasteiger partial charge >= 0.3 is 0 Å². The van der Waals surface area contributed by atoms with Crippen molar-refractivity contribution in [2.24, 2.45) is 0 Å². The summed E-state index contributed by atoms with van der Waals surface area (Å²) in [4.78, 5) is 21.7. The van der Waals surface area contributed by atoms with E-state index in [1.54, 1.807) is 23.7 Å². The van der Waals surface area contributed by atoms with Crippen LogP contribution in [0.5, 0.6) is 0 Å². The predicted octanol–water partition coefficient (Wildman–Crippen LogP) is 3.84. The molecule has 3 heterocycles. The van der Waals surface area contributed by atoms with Crippen LogP contribution in [-0.4, -0.2) is 15.9 Å². The number of aromatic nitrogens is 2. The van der Waals surface area contributed by atoms with Crippen LogP contribution in [0.4, 0.5) is 0 Å². The molecule has 1 amide bonds. The second-order valence-electron chi connectivity index (χ2n) is 4.80. The summed E-state index contributed by atoms with van der Waals surface area (Å²) in [5.41, 5.74) is 0.763. The maximum Gasteiger partial charge on any atom is 0.280 e. The molecule has 3 aromatic heterocycles. The first kappa shape index (κ1) is 13.4. The third-order valence-electron chi connectivity index (χ3n) is 3.28. The third-order valence-corrected chi connectivity index (χ3v) is 5.44. The van der Waals surface area contributed by atoms with Crippen molar-refractivity contribution in [3.8, 4) is 0 Å². The van der Waals surface area contributed by atoms with Gasteiger partial charge in [0.1, 0.15) is 5.52 Å². The molecule has 4 rings (SSSR count). The number of thiophene rings is 1. The zero-order chi connectivity index (χ0) is 14.9. The highest BCUT2D eigenvalue weighted by molar-refractivity contribution is 7.20. The quantitative estimate of drug-likeness (QED) is 0.623. The number of carbonyl (C=O) groups excluding carboxylic acids is 1. The number of nitrogens with zero attached hydrogens (tertiary/aromatic N) is 2. The molecule has 0 aliphatic heterocycles. The van der Waals surface area contributed by atoms with E-state index >= 15 is 0 Å². The number of hydrogen-bond donors (Lipinski definition) is 1. The molecule has 0 spiro atoms. The predicted molar refractivity (Wildman–Crippen MR) is 90.4 cm³/mol. The SMILES string of the molecule is O=C(NCc1cc2ccccc2s1)c1nc2cnccc2s1. The molecule has 4 nitrogen and oxygen atoms in total. The minimum absolute atomic E-state index is 0.140. The maximum absolute atomic E-state index is 12.2. The van der Waals surface area contributed by atoms with Crippen LogP contribution in [0.15, 0.2) is 48.8 Å². The number of carbonyl (C=O) groups is 1. The lowest BCUT2D eigenvalue weighted by molar-refractivity contribution is 0.0951. The Kier molecular flexibility index (Phi) is 3.32. The van der Waals surface area contributed by atoms with E-state index in [4.69, 9.17) is 0 Å². The zero-order valence-corrected chi connectivity index (χ0v) is 13.1. The van der Waals surface area contributed by atoms with Crippen LogP contribution in [0.1, 0.15) is 14.7 Å². The Morgan fingerprint density at radius 1 is 1.14 bits per heavy atom. The Morgan fingerprint density at radius 2 is 2.05 bits per heavy atom. The van der Waals surface area contributed by atoms with Crippen LogP contribution < -0.4 is 5.32 Å². The largest absolute Gasteiger partial charge is 0.345 e. The van der Waals surface area contributed by atoms with Crippen molar-refractivity contribution in [3.05, 3.63) is 58.7 Å². The summed E-state index contributed by atoms with van der Waals surface area (Å²) in [5, 5.41) is 4.62. The Balaban J connectivity index is 1.51. The fourth-order valence-corrected chi connectivity index (χ4v) is 4.10. The molecule has 1 aromatic carbocycles. The van der Waals surface area contributed by atoms with Crippen LogP contribution in [0.3, 0.4) is 0 Å². The van der Waals surface area contributed by atoms with Gasteiger partial charge in [-0.15, -0.1) is 22.7 Å². The molecule has 0 atom stereocenters. The molecule has 0 unspecified atom stereocenters. The molecule has 1 N–H and O–H groups in total. The summed E-state index contributed by atoms with van der Waals surface area (Å²) in [6, 6.07) is 12.2. The van der Waals surface area contributed by atoms with Crippen molar-refractivity contribution in [3.63, 3.8) is 0 Å². The minimum atomic E-state index is -0.140. The Morgan fingerprint density at radius 3 is 2.91 bits per heavy atom. The number of hydrogen-bond acceptors (Lipinski definition) is 5. The monoisotopic (exact) mass is 325 g/mol. The molecule has 0 saturated heterocycles. The van der Waals surface area contributed by atoms with E-state index < -0.39 is 0 Å². The number of rotatable bonds is 3. The molecule has 4 aromatic rings. The second-order valence-corrected chi connectivity index (χ2v) is 6.99. The minimum Gasteiger partial charge on any atom is -0.345 e. The Bertz CT molecular complexity index is 908. The van der Waals surface area contributed by atoms with Crippen molar-refractivity contribution >= 4 is 48.9 Å². The van der Waals surface area contributed by atoms with Crippen molar-refractivity contribution < 1.29 is 4.79 Å². The standard InChI is InChI=1S/C16H11N3OS2/c20-15(16-19-12-9-17-6-5-14(12)22-16)18-8-11-7-10-3-1-2-4-13(10)21-11/h1-7,9H,8H2,(H,18,20). The molecular weight excluding hydrogens is 314 g/mol. The molecule has 0 saturated carbocycles. The van der Waals surface area contributed by atoms with Crippen LogP contribution in [0.25, 0.3) is 20.3 Å². The molecule has 22 heavy (non-hydrogen) atoms. The van der Waals surface area contributed by atoms with Gasteiger partial charge in [-0.3, -0.25) is 9.78 Å². The van der Waals surface area contributed by atoms with Gasteiger partial charge < -0.3 is 5.32 Å². The van der Waals surface area contributed by atoms with Gasteiger partial charge in [-0.25, -0.2) is 4.98 Å². The number of amides is 1. The number of pyridine rings is 1. The van der Waals surface area contributed by atoms with Gasteiger partial charge in [0, 0.05) is 15.8 Å². The van der Waals surface area contributed by atoms with Gasteiger partial charge in [-0.2, -0.15) is 0 Å². The van der Waals surface area contributed by atoms with E-state index in [9.17, 15) is 4.79 Å². The van der Waals surface area contributed by atoms with Crippen molar-refractivity contribution in [2.45, 2.75) is 6.54 Å². The van der Waals surface area contributed by atoms with Crippen LogP contribution in [0, 0.1) is 0 Å². The molecular formula is C16H11N3OS2. The molecule has 6 heteroatoms. The lowest BCUT2D eigenvalue weighted by atomic mass is 10.2. The first-order valence-electron chi connectivity index (χ1n) is 6.76. The van der Waals surface area contributed by atoms with E-state index in [1.807, 2.05) is 18.2 Å². The summed E-state index contributed by atoms with van der Waals surface area (Å²) in [5.74, 6) is -0.140. The Labute approximate surface area is 134 Å². The molecule has 0 radical (unpaired) electrons. The number of nitrogens with one attached hydrogen (secondary N) is 1. The van der Waals surface area contributed by atoms with Gasteiger partial charge in [0.25, 0.3) is 5.91 Å². The maximum atomic E-state index is 12.2. The van der Waals surface area contributed by atoms with Crippen molar-refractivity contribution in [1.82, 2.24) is 15.3 Å². The van der Waals surface area contributed by atoms with E-state index in [0.717, 1.165) is 15.1 Å². The number of fused-ring (bicyclic) bond motifs is 2. The summed E-state index contributed by atoms with van der Waals surface area (Å²) in [7, 11) is 0. The molecule has 0 fully saturated rings.